The Kier molecular flexibility index (Phi) is 3.24. The summed E-state index contributed by atoms with van der Waals surface area (Å²) in [6.07, 6.45) is -1.30. The lowest BCUT2D eigenvalue weighted by atomic mass is 9.91. The molecule has 2 atom stereocenters. The van der Waals surface area contributed by atoms with Gasteiger partial charge in [0.2, 0.25) is 0 Å². The van der Waals surface area contributed by atoms with Gasteiger partial charge >= 0.3 is 0 Å². The van der Waals surface area contributed by atoms with Gasteiger partial charge in [0.1, 0.15) is 5.60 Å². The van der Waals surface area contributed by atoms with Crippen molar-refractivity contribution in [2.24, 2.45) is 5.92 Å². The van der Waals surface area contributed by atoms with E-state index in [1.165, 1.54) is 6.92 Å². The van der Waals surface area contributed by atoms with Gasteiger partial charge in [-0.2, -0.15) is 5.48 Å². The van der Waals surface area contributed by atoms with Crippen LogP contribution in [-0.2, 0) is 0 Å². The molecule has 0 spiro atoms. The van der Waals surface area contributed by atoms with E-state index in [0.29, 0.717) is 0 Å². The van der Waals surface area contributed by atoms with Gasteiger partial charge in [-0.1, -0.05) is 13.8 Å². The lowest BCUT2D eigenvalue weighted by Gasteiger charge is -2.31. The Labute approximate surface area is 60.5 Å². The van der Waals surface area contributed by atoms with Crippen LogP contribution in [0.3, 0.4) is 0 Å². The first-order valence-electron chi connectivity index (χ1n) is 3.23. The van der Waals surface area contributed by atoms with Gasteiger partial charge in [0.15, 0.2) is 6.23 Å². The molecule has 0 aromatic carbocycles. The number of hydrogen-bond donors (Lipinski definition) is 4. The van der Waals surface area contributed by atoms with Gasteiger partial charge in [0, 0.05) is 0 Å². The normalized spacial score (nSPS) is 20.7. The molecule has 0 aliphatic rings. The van der Waals surface area contributed by atoms with Crippen LogP contribution in [0.2, 0.25) is 0 Å². The highest BCUT2D eigenvalue weighted by molar-refractivity contribution is 4.80. The maximum Gasteiger partial charge on any atom is 0.155 e. The number of nitrogens with one attached hydrogen (secondary N) is 1. The van der Waals surface area contributed by atoms with E-state index >= 15 is 0 Å². The van der Waals surface area contributed by atoms with Crippen molar-refractivity contribution in [3.8, 4) is 0 Å². The standard InChI is InChI=1S/C6H15NO3/c1-4(2)6(3,9)5(8)7-10/h4-5,7-10H,1-3H3. The van der Waals surface area contributed by atoms with Crippen molar-refractivity contribution in [3.05, 3.63) is 0 Å². The number of hydroxylamine groups is 1. The Bertz CT molecular complexity index is 103. The summed E-state index contributed by atoms with van der Waals surface area (Å²) in [5, 5.41) is 26.6. The monoisotopic (exact) mass is 149 g/mol. The lowest BCUT2D eigenvalue weighted by molar-refractivity contribution is -0.148. The molecular formula is C6H15NO3. The van der Waals surface area contributed by atoms with Gasteiger partial charge < -0.3 is 15.4 Å². The molecule has 4 N–H and O–H groups in total. The minimum atomic E-state index is -1.30. The average molecular weight is 149 g/mol. The van der Waals surface area contributed by atoms with E-state index in [9.17, 15) is 5.11 Å². The molecule has 2 unspecified atom stereocenters. The molecule has 0 saturated heterocycles. The van der Waals surface area contributed by atoms with Gasteiger partial charge in [-0.25, -0.2) is 0 Å². The minimum Gasteiger partial charge on any atom is -0.386 e. The van der Waals surface area contributed by atoms with E-state index in [0.717, 1.165) is 0 Å². The number of aliphatic hydroxyl groups excluding tert-OH is 1. The van der Waals surface area contributed by atoms with E-state index in [4.69, 9.17) is 10.3 Å². The van der Waals surface area contributed by atoms with E-state index in [1.54, 1.807) is 19.3 Å². The molecule has 62 valence electrons. The highest BCUT2D eigenvalue weighted by atomic mass is 16.5. The molecule has 0 saturated carbocycles. The van der Waals surface area contributed by atoms with Crippen LogP contribution >= 0.6 is 0 Å². The maximum atomic E-state index is 9.39. The Morgan fingerprint density at radius 2 is 1.80 bits per heavy atom. The lowest BCUT2D eigenvalue weighted by Crippen LogP contribution is -2.51. The van der Waals surface area contributed by atoms with Gasteiger partial charge in [0.05, 0.1) is 0 Å². The van der Waals surface area contributed by atoms with Gasteiger partial charge in [-0.3, -0.25) is 0 Å². The van der Waals surface area contributed by atoms with Crippen LogP contribution in [0.5, 0.6) is 0 Å². The van der Waals surface area contributed by atoms with Crippen molar-refractivity contribution in [2.75, 3.05) is 0 Å². The molecule has 10 heavy (non-hydrogen) atoms. The molecule has 0 aromatic rings. The summed E-state index contributed by atoms with van der Waals surface area (Å²) in [6, 6.07) is 0. The van der Waals surface area contributed by atoms with Crippen molar-refractivity contribution in [1.29, 1.82) is 0 Å². The summed E-state index contributed by atoms with van der Waals surface area (Å²) >= 11 is 0. The number of rotatable bonds is 3. The first-order chi connectivity index (χ1) is 4.42. The zero-order valence-corrected chi connectivity index (χ0v) is 6.50. The van der Waals surface area contributed by atoms with E-state index in [-0.39, 0.29) is 5.92 Å². The number of hydrogen-bond acceptors (Lipinski definition) is 4. The van der Waals surface area contributed by atoms with Crippen molar-refractivity contribution in [3.63, 3.8) is 0 Å². The molecule has 0 heterocycles. The summed E-state index contributed by atoms with van der Waals surface area (Å²) in [7, 11) is 0. The molecule has 0 bridgehead atoms. The Morgan fingerprint density at radius 1 is 1.40 bits per heavy atom. The van der Waals surface area contributed by atoms with E-state index < -0.39 is 11.8 Å². The third kappa shape index (κ3) is 1.91. The summed E-state index contributed by atoms with van der Waals surface area (Å²) in [5.41, 5.74) is 0.295. The fourth-order valence-electron chi connectivity index (χ4n) is 0.446. The Morgan fingerprint density at radius 3 is 1.90 bits per heavy atom. The summed E-state index contributed by atoms with van der Waals surface area (Å²) in [5.74, 6) is -0.123. The van der Waals surface area contributed by atoms with Crippen molar-refractivity contribution in [2.45, 2.75) is 32.6 Å². The molecule has 0 aliphatic heterocycles. The first kappa shape index (κ1) is 9.84. The molecule has 0 radical (unpaired) electrons. The average Bonchev–Trinajstić information content (AvgIpc) is 1.86. The third-order valence-electron chi connectivity index (χ3n) is 1.84. The molecule has 0 aromatic heterocycles. The van der Waals surface area contributed by atoms with Crippen LogP contribution < -0.4 is 5.48 Å². The van der Waals surface area contributed by atoms with Gasteiger partial charge in [-0.15, -0.1) is 0 Å². The maximum absolute atomic E-state index is 9.39. The molecular weight excluding hydrogens is 134 g/mol. The zero-order valence-electron chi connectivity index (χ0n) is 6.50. The molecule has 0 rings (SSSR count). The second-order valence-corrected chi connectivity index (χ2v) is 2.91. The Balaban J connectivity index is 4.09. The van der Waals surface area contributed by atoms with Crippen LogP contribution in [-0.4, -0.2) is 27.2 Å². The highest BCUT2D eigenvalue weighted by Gasteiger charge is 2.33. The van der Waals surface area contributed by atoms with E-state index in [1.807, 2.05) is 0 Å². The number of aliphatic hydroxyl groups is 2. The van der Waals surface area contributed by atoms with Crippen LogP contribution in [0.4, 0.5) is 0 Å². The second-order valence-electron chi connectivity index (χ2n) is 2.91. The van der Waals surface area contributed by atoms with Crippen molar-refractivity contribution in [1.82, 2.24) is 5.48 Å². The SMILES string of the molecule is CC(C)C(C)(O)C(O)NO. The molecule has 0 fully saturated rings. The fourth-order valence-corrected chi connectivity index (χ4v) is 0.446. The summed E-state index contributed by atoms with van der Waals surface area (Å²) < 4.78 is 0. The molecule has 4 heteroatoms. The predicted molar refractivity (Wildman–Crippen MR) is 36.4 cm³/mol. The largest absolute Gasteiger partial charge is 0.386 e. The summed E-state index contributed by atoms with van der Waals surface area (Å²) in [4.78, 5) is 0. The third-order valence-corrected chi connectivity index (χ3v) is 1.84. The molecule has 0 aliphatic carbocycles. The van der Waals surface area contributed by atoms with Crippen LogP contribution in [0.25, 0.3) is 0 Å². The van der Waals surface area contributed by atoms with Crippen LogP contribution in [0, 0.1) is 5.92 Å². The first-order valence-corrected chi connectivity index (χ1v) is 3.23. The van der Waals surface area contributed by atoms with Crippen LogP contribution in [0.1, 0.15) is 20.8 Å². The Hall–Kier alpha value is -0.160. The fraction of sp³-hybridized carbons (Fsp3) is 1.00. The predicted octanol–water partition coefficient (Wildman–Crippen LogP) is -0.309. The van der Waals surface area contributed by atoms with Crippen molar-refractivity contribution < 1.29 is 15.4 Å². The quantitative estimate of drug-likeness (QED) is 0.328. The zero-order chi connectivity index (χ0) is 8.36. The van der Waals surface area contributed by atoms with Crippen LogP contribution in [0.15, 0.2) is 0 Å². The highest BCUT2D eigenvalue weighted by Crippen LogP contribution is 2.18. The van der Waals surface area contributed by atoms with Gasteiger partial charge in [0.25, 0.3) is 0 Å². The topological polar surface area (TPSA) is 72.7 Å². The van der Waals surface area contributed by atoms with Crippen molar-refractivity contribution >= 4 is 0 Å². The van der Waals surface area contributed by atoms with E-state index in [2.05, 4.69) is 0 Å². The summed E-state index contributed by atoms with van der Waals surface area (Å²) in [6.45, 7) is 4.95. The molecule has 0 amide bonds. The second kappa shape index (κ2) is 3.30. The van der Waals surface area contributed by atoms with Gasteiger partial charge in [-0.05, 0) is 12.8 Å². The molecule has 4 nitrogen and oxygen atoms in total. The minimum absolute atomic E-state index is 0.123. The smallest absolute Gasteiger partial charge is 0.155 e.